The first-order chi connectivity index (χ1) is 12.7. The molecule has 1 heterocycles. The van der Waals surface area contributed by atoms with Crippen LogP contribution in [0.2, 0.25) is 0 Å². The third-order valence-electron chi connectivity index (χ3n) is 5.33. The molecule has 0 spiro atoms. The maximum absolute atomic E-state index is 12.9. The molecule has 1 aliphatic carbocycles. The largest absolute Gasteiger partial charge is 0.416 e. The summed E-state index contributed by atoms with van der Waals surface area (Å²) in [4.78, 5) is 12.0. The second kappa shape index (κ2) is 7.79. The molecule has 0 aromatic heterocycles. The van der Waals surface area contributed by atoms with Crippen LogP contribution in [0.4, 0.5) is 13.2 Å². The Hall–Kier alpha value is -1.61. The summed E-state index contributed by atoms with van der Waals surface area (Å²) in [7, 11) is -4.01. The molecule has 1 aromatic rings. The van der Waals surface area contributed by atoms with E-state index >= 15 is 0 Å². The first-order valence-electron chi connectivity index (χ1n) is 9.16. The zero-order valence-corrected chi connectivity index (χ0v) is 15.7. The molecule has 0 unspecified atom stereocenters. The van der Waals surface area contributed by atoms with E-state index in [2.05, 4.69) is 5.32 Å². The topological polar surface area (TPSA) is 66.5 Å². The Bertz CT molecular complexity index is 781. The molecule has 27 heavy (non-hydrogen) atoms. The average Bonchev–Trinajstić information content (AvgIpc) is 3.14. The molecule has 0 bridgehead atoms. The zero-order chi connectivity index (χ0) is 19.7. The Kier molecular flexibility index (Phi) is 5.81. The van der Waals surface area contributed by atoms with Gasteiger partial charge >= 0.3 is 6.18 Å². The SMILES string of the molecule is O=C(NC1CCCC1)C1CCN(S(=O)(=O)c2cccc(C(F)(F)F)c2)CC1. The Morgan fingerprint density at radius 1 is 1.07 bits per heavy atom. The van der Waals surface area contributed by atoms with Crippen molar-refractivity contribution in [2.45, 2.75) is 55.6 Å². The molecule has 1 amide bonds. The fraction of sp³-hybridized carbons (Fsp3) is 0.611. The second-order valence-corrected chi connectivity index (χ2v) is 9.13. The molecule has 1 aromatic carbocycles. The number of benzene rings is 1. The Morgan fingerprint density at radius 3 is 2.30 bits per heavy atom. The van der Waals surface area contributed by atoms with Crippen LogP contribution in [-0.2, 0) is 21.0 Å². The molecule has 1 saturated heterocycles. The first kappa shape index (κ1) is 20.1. The van der Waals surface area contributed by atoms with E-state index in [0.717, 1.165) is 37.8 Å². The number of nitrogens with zero attached hydrogens (tertiary/aromatic N) is 1. The zero-order valence-electron chi connectivity index (χ0n) is 14.8. The van der Waals surface area contributed by atoms with Crippen molar-refractivity contribution in [1.29, 1.82) is 0 Å². The van der Waals surface area contributed by atoms with E-state index in [9.17, 15) is 26.4 Å². The van der Waals surface area contributed by atoms with E-state index < -0.39 is 21.8 Å². The Labute approximate surface area is 157 Å². The van der Waals surface area contributed by atoms with Crippen molar-refractivity contribution in [1.82, 2.24) is 9.62 Å². The quantitative estimate of drug-likeness (QED) is 0.838. The lowest BCUT2D eigenvalue weighted by atomic mass is 9.97. The highest BCUT2D eigenvalue weighted by molar-refractivity contribution is 7.89. The number of alkyl halides is 3. The van der Waals surface area contributed by atoms with Crippen molar-refractivity contribution >= 4 is 15.9 Å². The van der Waals surface area contributed by atoms with E-state index in [1.165, 1.54) is 10.4 Å². The van der Waals surface area contributed by atoms with Gasteiger partial charge in [0, 0.05) is 25.0 Å². The van der Waals surface area contributed by atoms with E-state index in [1.54, 1.807) is 0 Å². The van der Waals surface area contributed by atoms with E-state index in [-0.39, 0.29) is 35.9 Å². The van der Waals surface area contributed by atoms with Gasteiger partial charge in [-0.25, -0.2) is 8.42 Å². The van der Waals surface area contributed by atoms with Crippen LogP contribution in [0.25, 0.3) is 0 Å². The summed E-state index contributed by atoms with van der Waals surface area (Å²) in [6, 6.07) is 3.98. The maximum Gasteiger partial charge on any atom is 0.416 e. The molecular weight excluding hydrogens is 381 g/mol. The van der Waals surface area contributed by atoms with Crippen LogP contribution in [0.15, 0.2) is 29.2 Å². The predicted octanol–water partition coefficient (Wildman–Crippen LogP) is 3.16. The fourth-order valence-electron chi connectivity index (χ4n) is 3.73. The molecule has 2 fully saturated rings. The van der Waals surface area contributed by atoms with Gasteiger partial charge in [0.15, 0.2) is 0 Å². The van der Waals surface area contributed by atoms with Crippen molar-refractivity contribution in [3.63, 3.8) is 0 Å². The highest BCUT2D eigenvalue weighted by Gasteiger charge is 2.35. The number of piperidine rings is 1. The Morgan fingerprint density at radius 2 is 1.70 bits per heavy atom. The van der Waals surface area contributed by atoms with Crippen LogP contribution in [0, 0.1) is 5.92 Å². The molecule has 1 N–H and O–H groups in total. The van der Waals surface area contributed by atoms with Crippen LogP contribution in [0.3, 0.4) is 0 Å². The van der Waals surface area contributed by atoms with Crippen molar-refractivity contribution < 1.29 is 26.4 Å². The molecule has 0 atom stereocenters. The maximum atomic E-state index is 12.9. The lowest BCUT2D eigenvalue weighted by Crippen LogP contribution is -2.44. The Balaban J connectivity index is 1.63. The number of sulfonamides is 1. The van der Waals surface area contributed by atoms with Crippen LogP contribution in [0.1, 0.15) is 44.1 Å². The standard InChI is InChI=1S/C18H23F3N2O3S/c19-18(20,21)14-4-3-7-16(12-14)27(25,26)23-10-8-13(9-11-23)17(24)22-15-5-1-2-6-15/h3-4,7,12-13,15H,1-2,5-6,8-11H2,(H,22,24). The fourth-order valence-corrected chi connectivity index (χ4v) is 5.25. The molecule has 9 heteroatoms. The molecule has 5 nitrogen and oxygen atoms in total. The van der Waals surface area contributed by atoms with Gasteiger partial charge in [0.05, 0.1) is 10.5 Å². The third kappa shape index (κ3) is 4.63. The lowest BCUT2D eigenvalue weighted by molar-refractivity contribution is -0.137. The molecular formula is C18H23F3N2O3S. The van der Waals surface area contributed by atoms with Gasteiger partial charge in [-0.1, -0.05) is 18.9 Å². The van der Waals surface area contributed by atoms with E-state index in [0.29, 0.717) is 18.9 Å². The minimum atomic E-state index is -4.60. The minimum absolute atomic E-state index is 0.0435. The van der Waals surface area contributed by atoms with Crippen molar-refractivity contribution in [3.8, 4) is 0 Å². The molecule has 0 radical (unpaired) electrons. The first-order valence-corrected chi connectivity index (χ1v) is 10.6. The lowest BCUT2D eigenvalue weighted by Gasteiger charge is -2.31. The molecule has 150 valence electrons. The highest BCUT2D eigenvalue weighted by Crippen LogP contribution is 2.32. The monoisotopic (exact) mass is 404 g/mol. The summed E-state index contributed by atoms with van der Waals surface area (Å²) < 4.78 is 65.1. The summed E-state index contributed by atoms with van der Waals surface area (Å²) in [5.74, 6) is -0.295. The van der Waals surface area contributed by atoms with Gasteiger partial charge in [-0.15, -0.1) is 0 Å². The van der Waals surface area contributed by atoms with E-state index in [4.69, 9.17) is 0 Å². The van der Waals surface area contributed by atoms with Crippen molar-refractivity contribution in [2.24, 2.45) is 5.92 Å². The van der Waals surface area contributed by atoms with Crippen LogP contribution >= 0.6 is 0 Å². The summed E-state index contributed by atoms with van der Waals surface area (Å²) in [5, 5.41) is 3.03. The summed E-state index contributed by atoms with van der Waals surface area (Å²) >= 11 is 0. The third-order valence-corrected chi connectivity index (χ3v) is 7.22. The van der Waals surface area contributed by atoms with Gasteiger partial charge in [0.1, 0.15) is 0 Å². The van der Waals surface area contributed by atoms with Crippen molar-refractivity contribution in [2.75, 3.05) is 13.1 Å². The second-order valence-electron chi connectivity index (χ2n) is 7.19. The predicted molar refractivity (Wildman–Crippen MR) is 93.3 cm³/mol. The average molecular weight is 404 g/mol. The summed E-state index contributed by atoms with van der Waals surface area (Å²) in [6.07, 6.45) is 0.324. The number of carbonyl (C=O) groups is 1. The number of rotatable bonds is 4. The van der Waals surface area contributed by atoms with Gasteiger partial charge < -0.3 is 5.32 Å². The van der Waals surface area contributed by atoms with Crippen LogP contribution in [-0.4, -0.2) is 37.8 Å². The van der Waals surface area contributed by atoms with Crippen LogP contribution in [0.5, 0.6) is 0 Å². The molecule has 3 rings (SSSR count). The molecule has 1 saturated carbocycles. The summed E-state index contributed by atoms with van der Waals surface area (Å²) in [5.41, 5.74) is -0.991. The normalized spacial score (nSPS) is 20.7. The van der Waals surface area contributed by atoms with E-state index in [1.807, 2.05) is 0 Å². The summed E-state index contributed by atoms with van der Waals surface area (Å²) in [6.45, 7) is 0.253. The minimum Gasteiger partial charge on any atom is -0.353 e. The van der Waals surface area contributed by atoms with Crippen molar-refractivity contribution in [3.05, 3.63) is 29.8 Å². The number of nitrogens with one attached hydrogen (secondary N) is 1. The van der Waals surface area contributed by atoms with Gasteiger partial charge in [0.25, 0.3) is 0 Å². The number of carbonyl (C=O) groups excluding carboxylic acids is 1. The van der Waals surface area contributed by atoms with Gasteiger partial charge in [0.2, 0.25) is 15.9 Å². The highest BCUT2D eigenvalue weighted by atomic mass is 32.2. The molecule has 1 aliphatic heterocycles. The number of amides is 1. The smallest absolute Gasteiger partial charge is 0.353 e. The van der Waals surface area contributed by atoms with Gasteiger partial charge in [-0.05, 0) is 43.9 Å². The van der Waals surface area contributed by atoms with Crippen LogP contribution < -0.4 is 5.32 Å². The van der Waals surface area contributed by atoms with Gasteiger partial charge in [-0.3, -0.25) is 4.79 Å². The number of hydrogen-bond donors (Lipinski definition) is 1. The van der Waals surface area contributed by atoms with Gasteiger partial charge in [-0.2, -0.15) is 17.5 Å². The number of halogens is 3. The molecule has 2 aliphatic rings. The number of hydrogen-bond acceptors (Lipinski definition) is 3.